The van der Waals surface area contributed by atoms with Crippen LogP contribution in [0.2, 0.25) is 15.2 Å². The van der Waals surface area contributed by atoms with Gasteiger partial charge >= 0.3 is 0 Å². The van der Waals surface area contributed by atoms with Crippen LogP contribution in [0.1, 0.15) is 13.8 Å². The van der Waals surface area contributed by atoms with Gasteiger partial charge in [0.25, 0.3) is 0 Å². The van der Waals surface area contributed by atoms with E-state index in [1.165, 1.54) is 0 Å². The minimum absolute atomic E-state index is 0.0164. The molecule has 19 heavy (non-hydrogen) atoms. The molecule has 0 bridgehead atoms. The van der Waals surface area contributed by atoms with Gasteiger partial charge in [-0.25, -0.2) is 4.98 Å². The van der Waals surface area contributed by atoms with Crippen molar-refractivity contribution in [3.05, 3.63) is 21.3 Å². The predicted molar refractivity (Wildman–Crippen MR) is 78.3 cm³/mol. The van der Waals surface area contributed by atoms with Gasteiger partial charge in [0.05, 0.1) is 10.0 Å². The summed E-state index contributed by atoms with van der Waals surface area (Å²) in [4.78, 5) is 20.0. The van der Waals surface area contributed by atoms with Crippen LogP contribution in [-0.4, -0.2) is 41.5 Å². The second kappa shape index (κ2) is 5.00. The minimum atomic E-state index is -0.721. The predicted octanol–water partition coefficient (Wildman–Crippen LogP) is 3.10. The quantitative estimate of drug-likeness (QED) is 0.746. The number of halogens is 3. The molecule has 0 aromatic carbocycles. The molecule has 2 rings (SSSR count). The summed E-state index contributed by atoms with van der Waals surface area (Å²) in [5.74, 6) is 0.505. The third kappa shape index (κ3) is 2.49. The summed E-state index contributed by atoms with van der Waals surface area (Å²) in [6, 6.07) is 1.55. The second-order valence-electron chi connectivity index (χ2n) is 5.00. The van der Waals surface area contributed by atoms with Gasteiger partial charge in [0, 0.05) is 20.1 Å². The summed E-state index contributed by atoms with van der Waals surface area (Å²) in [7, 11) is 1.78. The number of nitrogens with zero attached hydrogens (tertiary/aromatic N) is 3. The monoisotopic (exact) mass is 321 g/mol. The Morgan fingerprint density at radius 1 is 1.21 bits per heavy atom. The first kappa shape index (κ1) is 14.7. The van der Waals surface area contributed by atoms with Gasteiger partial charge in [-0.2, -0.15) is 0 Å². The van der Waals surface area contributed by atoms with Gasteiger partial charge in [-0.3, -0.25) is 4.79 Å². The number of pyridine rings is 1. The highest BCUT2D eigenvalue weighted by molar-refractivity contribution is 6.43. The maximum absolute atomic E-state index is 12.2. The Labute approximate surface area is 127 Å². The van der Waals surface area contributed by atoms with Gasteiger partial charge in [0.1, 0.15) is 16.5 Å². The Balaban J connectivity index is 2.47. The number of hydrogen-bond acceptors (Lipinski definition) is 3. The number of anilines is 1. The summed E-state index contributed by atoms with van der Waals surface area (Å²) in [6.45, 7) is 4.93. The van der Waals surface area contributed by atoms with E-state index in [4.69, 9.17) is 34.8 Å². The lowest BCUT2D eigenvalue weighted by Gasteiger charge is -2.45. The summed E-state index contributed by atoms with van der Waals surface area (Å²) in [5, 5.41) is 0.872. The van der Waals surface area contributed by atoms with Gasteiger partial charge in [-0.05, 0) is 19.9 Å². The van der Waals surface area contributed by atoms with Crippen LogP contribution in [0.4, 0.5) is 5.82 Å². The van der Waals surface area contributed by atoms with Crippen molar-refractivity contribution in [2.75, 3.05) is 25.0 Å². The van der Waals surface area contributed by atoms with Gasteiger partial charge in [-0.1, -0.05) is 34.8 Å². The lowest BCUT2D eigenvalue weighted by atomic mass is 9.98. The van der Waals surface area contributed by atoms with Crippen molar-refractivity contribution >= 4 is 46.5 Å². The smallest absolute Gasteiger partial charge is 0.247 e. The van der Waals surface area contributed by atoms with E-state index in [1.54, 1.807) is 18.0 Å². The van der Waals surface area contributed by atoms with Crippen LogP contribution in [-0.2, 0) is 4.79 Å². The standard InChI is InChI=1S/C12H14Cl3N3O/c1-12(2)11(19)17(3)4-5-18(12)10-8(14)6-7(13)9(15)16-10/h6H,4-5H2,1-3H3. The summed E-state index contributed by atoms with van der Waals surface area (Å²) >= 11 is 18.0. The Morgan fingerprint density at radius 2 is 1.84 bits per heavy atom. The van der Waals surface area contributed by atoms with Crippen molar-refractivity contribution in [3.63, 3.8) is 0 Å². The third-order valence-corrected chi connectivity index (χ3v) is 4.28. The number of aromatic nitrogens is 1. The minimum Gasteiger partial charge on any atom is -0.342 e. The highest BCUT2D eigenvalue weighted by Crippen LogP contribution is 2.35. The zero-order valence-corrected chi connectivity index (χ0v) is 13.1. The van der Waals surface area contributed by atoms with Crippen LogP contribution in [0.25, 0.3) is 0 Å². The summed E-state index contributed by atoms with van der Waals surface area (Å²) in [6.07, 6.45) is 0. The van der Waals surface area contributed by atoms with E-state index in [0.717, 1.165) is 0 Å². The number of likely N-dealkylation sites (N-methyl/N-ethyl adjacent to an activating group) is 1. The highest BCUT2D eigenvalue weighted by atomic mass is 35.5. The molecule has 0 radical (unpaired) electrons. The average Bonchev–Trinajstić information content (AvgIpc) is 2.32. The fourth-order valence-electron chi connectivity index (χ4n) is 2.21. The molecule has 0 spiro atoms. The van der Waals surface area contributed by atoms with Crippen molar-refractivity contribution in [1.82, 2.24) is 9.88 Å². The van der Waals surface area contributed by atoms with Gasteiger partial charge in [0.15, 0.2) is 0 Å². The number of rotatable bonds is 1. The van der Waals surface area contributed by atoms with Crippen LogP contribution in [0, 0.1) is 0 Å². The first-order valence-electron chi connectivity index (χ1n) is 5.80. The fourth-order valence-corrected chi connectivity index (χ4v) is 2.80. The van der Waals surface area contributed by atoms with E-state index in [0.29, 0.717) is 29.0 Å². The maximum Gasteiger partial charge on any atom is 0.247 e. The van der Waals surface area contributed by atoms with Crippen LogP contribution in [0.5, 0.6) is 0 Å². The zero-order valence-electron chi connectivity index (χ0n) is 10.9. The molecule has 0 N–H and O–H groups in total. The van der Waals surface area contributed by atoms with Crippen molar-refractivity contribution in [1.29, 1.82) is 0 Å². The number of amides is 1. The Morgan fingerprint density at radius 3 is 2.47 bits per heavy atom. The normalized spacial score (nSPS) is 18.9. The molecule has 0 unspecified atom stereocenters. The van der Waals surface area contributed by atoms with E-state index in [2.05, 4.69) is 4.98 Å². The molecule has 1 saturated heterocycles. The van der Waals surface area contributed by atoms with Crippen LogP contribution in [0.15, 0.2) is 6.07 Å². The Kier molecular flexibility index (Phi) is 3.87. The zero-order chi connectivity index (χ0) is 14.4. The molecular weight excluding hydrogens is 309 g/mol. The van der Waals surface area contributed by atoms with E-state index in [1.807, 2.05) is 18.7 Å². The Hall–Kier alpha value is -0.710. The van der Waals surface area contributed by atoms with Crippen molar-refractivity contribution in [2.24, 2.45) is 0 Å². The summed E-state index contributed by atoms with van der Waals surface area (Å²) in [5.41, 5.74) is -0.721. The average molecular weight is 323 g/mol. The van der Waals surface area contributed by atoms with Crippen molar-refractivity contribution in [2.45, 2.75) is 19.4 Å². The molecule has 0 saturated carbocycles. The molecule has 7 heteroatoms. The van der Waals surface area contributed by atoms with E-state index >= 15 is 0 Å². The molecule has 2 heterocycles. The first-order chi connectivity index (χ1) is 8.75. The number of carbonyl (C=O) groups is 1. The summed E-state index contributed by atoms with van der Waals surface area (Å²) < 4.78 is 0. The molecule has 1 aromatic heterocycles. The lowest BCUT2D eigenvalue weighted by Crippen LogP contribution is -2.62. The van der Waals surface area contributed by atoms with E-state index in [9.17, 15) is 4.79 Å². The first-order valence-corrected chi connectivity index (χ1v) is 6.93. The van der Waals surface area contributed by atoms with Crippen LogP contribution in [0.3, 0.4) is 0 Å². The molecule has 4 nitrogen and oxygen atoms in total. The van der Waals surface area contributed by atoms with E-state index < -0.39 is 5.54 Å². The van der Waals surface area contributed by atoms with Crippen molar-refractivity contribution in [3.8, 4) is 0 Å². The van der Waals surface area contributed by atoms with Gasteiger partial charge < -0.3 is 9.80 Å². The largest absolute Gasteiger partial charge is 0.342 e. The molecule has 0 aliphatic carbocycles. The third-order valence-electron chi connectivity index (χ3n) is 3.33. The molecule has 0 atom stereocenters. The second-order valence-corrected chi connectivity index (χ2v) is 6.18. The molecule has 1 amide bonds. The fraction of sp³-hybridized carbons (Fsp3) is 0.500. The van der Waals surface area contributed by atoms with E-state index in [-0.39, 0.29) is 11.1 Å². The maximum atomic E-state index is 12.2. The molecular formula is C12H14Cl3N3O. The van der Waals surface area contributed by atoms with Gasteiger partial charge in [0.2, 0.25) is 5.91 Å². The molecule has 1 aliphatic rings. The van der Waals surface area contributed by atoms with Gasteiger partial charge in [-0.15, -0.1) is 0 Å². The molecule has 1 aromatic rings. The van der Waals surface area contributed by atoms with Crippen LogP contribution < -0.4 is 4.90 Å². The SMILES string of the molecule is CN1CCN(c2nc(Cl)c(Cl)cc2Cl)C(C)(C)C1=O. The number of piperazine rings is 1. The van der Waals surface area contributed by atoms with Crippen molar-refractivity contribution < 1.29 is 4.79 Å². The topological polar surface area (TPSA) is 36.4 Å². The molecule has 1 fully saturated rings. The number of carbonyl (C=O) groups excluding carboxylic acids is 1. The Bertz CT molecular complexity index is 533. The highest BCUT2D eigenvalue weighted by Gasteiger charge is 2.42. The van der Waals surface area contributed by atoms with Crippen LogP contribution >= 0.6 is 34.8 Å². The number of hydrogen-bond donors (Lipinski definition) is 0. The molecule has 1 aliphatic heterocycles. The molecule has 104 valence electrons. The lowest BCUT2D eigenvalue weighted by molar-refractivity contribution is -0.136.